The third-order valence-corrected chi connectivity index (χ3v) is 6.74. The fourth-order valence-corrected chi connectivity index (χ4v) is 4.73. The molecular weight excluding hydrogens is 431 g/mol. The number of amides is 1. The van der Waals surface area contributed by atoms with Gasteiger partial charge in [-0.1, -0.05) is 66.2 Å². The van der Waals surface area contributed by atoms with E-state index in [0.29, 0.717) is 26.5 Å². The summed E-state index contributed by atoms with van der Waals surface area (Å²) in [7, 11) is 0. The first kappa shape index (κ1) is 20.6. The second-order valence-electron chi connectivity index (χ2n) is 7.55. The molecule has 0 bridgehead atoms. The van der Waals surface area contributed by atoms with E-state index in [4.69, 9.17) is 34.8 Å². The summed E-state index contributed by atoms with van der Waals surface area (Å²) < 4.78 is 1.73. The zero-order valence-electron chi connectivity index (χ0n) is 16.2. The predicted octanol–water partition coefficient (Wildman–Crippen LogP) is 5.92. The zero-order valence-corrected chi connectivity index (χ0v) is 18.5. The highest BCUT2D eigenvalue weighted by molar-refractivity contribution is 6.42. The molecule has 5 nitrogen and oxygen atoms in total. The van der Waals surface area contributed by atoms with Gasteiger partial charge >= 0.3 is 0 Å². The molecule has 1 fully saturated rings. The number of rotatable bonds is 2. The standard InChI is InChI=1S/C21H23Cl3N4O/c1-13-17(21(29)27-10-5-3-2-4-6-11-27)19(14-8-7-9-15(22)18(14)24)28-20(26-13)16(23)12-25-28/h7-9,12,19,26H,2-6,10-11H2,1H3. The van der Waals surface area contributed by atoms with Gasteiger partial charge in [-0.05, 0) is 25.8 Å². The number of allylic oxidation sites excluding steroid dienone is 1. The summed E-state index contributed by atoms with van der Waals surface area (Å²) in [5, 5.41) is 9.07. The number of nitrogens with one attached hydrogen (secondary N) is 1. The SMILES string of the molecule is CC1=C(C(=O)N2CCCCCCC2)C(c2cccc(Cl)c2Cl)n2ncc(Cl)c2N1. The highest BCUT2D eigenvalue weighted by atomic mass is 35.5. The van der Waals surface area contributed by atoms with Crippen molar-refractivity contribution in [2.24, 2.45) is 0 Å². The van der Waals surface area contributed by atoms with Crippen molar-refractivity contribution in [3.8, 4) is 0 Å². The van der Waals surface area contributed by atoms with E-state index < -0.39 is 6.04 Å². The number of anilines is 1. The Kier molecular flexibility index (Phi) is 6.09. The van der Waals surface area contributed by atoms with Crippen molar-refractivity contribution in [2.45, 2.75) is 45.1 Å². The minimum Gasteiger partial charge on any atom is -0.342 e. The maximum atomic E-state index is 13.7. The third kappa shape index (κ3) is 3.88. The second kappa shape index (κ2) is 8.58. The minimum atomic E-state index is -0.497. The quantitative estimate of drug-likeness (QED) is 0.613. The number of hydrogen-bond acceptors (Lipinski definition) is 3. The highest BCUT2D eigenvalue weighted by Crippen LogP contribution is 2.43. The second-order valence-corrected chi connectivity index (χ2v) is 8.75. The summed E-state index contributed by atoms with van der Waals surface area (Å²) in [5.41, 5.74) is 2.12. The monoisotopic (exact) mass is 452 g/mol. The summed E-state index contributed by atoms with van der Waals surface area (Å²) in [4.78, 5) is 15.7. The summed E-state index contributed by atoms with van der Waals surface area (Å²) in [6.07, 6.45) is 7.16. The lowest BCUT2D eigenvalue weighted by Gasteiger charge is -2.34. The number of benzene rings is 1. The maximum absolute atomic E-state index is 13.7. The fourth-order valence-electron chi connectivity index (χ4n) is 4.14. The largest absolute Gasteiger partial charge is 0.342 e. The van der Waals surface area contributed by atoms with Crippen molar-refractivity contribution < 1.29 is 4.79 Å². The third-order valence-electron chi connectivity index (χ3n) is 5.63. The molecule has 1 unspecified atom stereocenters. The van der Waals surface area contributed by atoms with E-state index in [2.05, 4.69) is 10.4 Å². The molecule has 1 aromatic carbocycles. The Hall–Kier alpha value is -1.69. The van der Waals surface area contributed by atoms with Crippen molar-refractivity contribution in [1.82, 2.24) is 14.7 Å². The topological polar surface area (TPSA) is 50.2 Å². The molecule has 1 amide bonds. The first-order chi connectivity index (χ1) is 14.0. The van der Waals surface area contributed by atoms with Crippen LogP contribution in [0.1, 0.15) is 50.6 Å². The molecule has 2 aromatic rings. The minimum absolute atomic E-state index is 0.00946. The van der Waals surface area contributed by atoms with Crippen LogP contribution < -0.4 is 5.32 Å². The molecule has 154 valence electrons. The van der Waals surface area contributed by atoms with Gasteiger partial charge in [0.15, 0.2) is 0 Å². The van der Waals surface area contributed by atoms with Gasteiger partial charge in [0.05, 0.1) is 21.8 Å². The Balaban J connectivity index is 1.81. The number of nitrogens with zero attached hydrogens (tertiary/aromatic N) is 3. The number of fused-ring (bicyclic) bond motifs is 1. The summed E-state index contributed by atoms with van der Waals surface area (Å²) in [6, 6.07) is 4.96. The van der Waals surface area contributed by atoms with Crippen molar-refractivity contribution >= 4 is 46.5 Å². The van der Waals surface area contributed by atoms with Gasteiger partial charge in [-0.15, -0.1) is 0 Å². The number of carbonyl (C=O) groups excluding carboxylic acids is 1. The van der Waals surface area contributed by atoms with E-state index in [1.807, 2.05) is 24.0 Å². The molecule has 4 rings (SSSR count). The fraction of sp³-hybridized carbons (Fsp3) is 0.429. The van der Waals surface area contributed by atoms with Crippen molar-refractivity contribution in [1.29, 1.82) is 0 Å². The van der Waals surface area contributed by atoms with Crippen LogP contribution in [0.3, 0.4) is 0 Å². The average Bonchev–Trinajstić information content (AvgIpc) is 3.03. The lowest BCUT2D eigenvalue weighted by atomic mass is 9.93. The van der Waals surface area contributed by atoms with Crippen molar-refractivity contribution in [3.63, 3.8) is 0 Å². The van der Waals surface area contributed by atoms with Gasteiger partial charge in [0, 0.05) is 24.4 Å². The van der Waals surface area contributed by atoms with Gasteiger partial charge in [-0.3, -0.25) is 4.79 Å². The van der Waals surface area contributed by atoms with Crippen LogP contribution in [0.2, 0.25) is 15.1 Å². The Morgan fingerprint density at radius 2 is 1.76 bits per heavy atom. The molecule has 1 aromatic heterocycles. The first-order valence-corrected chi connectivity index (χ1v) is 11.1. The molecule has 2 aliphatic heterocycles. The van der Waals surface area contributed by atoms with Gasteiger partial charge in [0.1, 0.15) is 16.9 Å². The van der Waals surface area contributed by atoms with Gasteiger partial charge in [-0.2, -0.15) is 5.10 Å². The van der Waals surface area contributed by atoms with E-state index in [1.165, 1.54) is 6.42 Å². The molecule has 1 saturated heterocycles. The maximum Gasteiger partial charge on any atom is 0.254 e. The number of halogens is 3. The van der Waals surface area contributed by atoms with Crippen LogP contribution in [0.5, 0.6) is 0 Å². The van der Waals surface area contributed by atoms with Crippen molar-refractivity contribution in [2.75, 3.05) is 18.4 Å². The van der Waals surface area contributed by atoms with E-state index in [0.717, 1.165) is 50.0 Å². The lowest BCUT2D eigenvalue weighted by Crippen LogP contribution is -2.39. The van der Waals surface area contributed by atoms with Crippen molar-refractivity contribution in [3.05, 3.63) is 56.3 Å². The molecule has 2 aliphatic rings. The normalized spacial score (nSPS) is 20.0. The lowest BCUT2D eigenvalue weighted by molar-refractivity contribution is -0.128. The summed E-state index contributed by atoms with van der Waals surface area (Å²) >= 11 is 19.2. The number of carbonyl (C=O) groups is 1. The predicted molar refractivity (Wildman–Crippen MR) is 118 cm³/mol. The highest BCUT2D eigenvalue weighted by Gasteiger charge is 2.37. The molecule has 0 radical (unpaired) electrons. The molecule has 0 spiro atoms. The van der Waals surface area contributed by atoms with E-state index in [-0.39, 0.29) is 5.91 Å². The number of likely N-dealkylation sites (tertiary alicyclic amines) is 1. The molecule has 1 atom stereocenters. The van der Waals surface area contributed by atoms with Crippen LogP contribution in [0.15, 0.2) is 35.7 Å². The van der Waals surface area contributed by atoms with Gasteiger partial charge < -0.3 is 10.2 Å². The van der Waals surface area contributed by atoms with E-state index in [9.17, 15) is 4.79 Å². The Morgan fingerprint density at radius 3 is 2.48 bits per heavy atom. The zero-order chi connectivity index (χ0) is 20.5. The first-order valence-electron chi connectivity index (χ1n) is 9.93. The van der Waals surface area contributed by atoms with Gasteiger partial charge in [0.2, 0.25) is 0 Å². The number of aromatic nitrogens is 2. The van der Waals surface area contributed by atoms with Gasteiger partial charge in [0.25, 0.3) is 5.91 Å². The Labute approximate surface area is 185 Å². The summed E-state index contributed by atoms with van der Waals surface area (Å²) in [6.45, 7) is 3.42. The van der Waals surface area contributed by atoms with E-state index in [1.54, 1.807) is 16.9 Å². The van der Waals surface area contributed by atoms with Crippen LogP contribution >= 0.6 is 34.8 Å². The van der Waals surface area contributed by atoms with Crippen LogP contribution in [-0.4, -0.2) is 33.7 Å². The van der Waals surface area contributed by atoms with E-state index >= 15 is 0 Å². The molecule has 29 heavy (non-hydrogen) atoms. The number of hydrogen-bond donors (Lipinski definition) is 1. The van der Waals surface area contributed by atoms with Gasteiger partial charge in [-0.25, -0.2) is 4.68 Å². The average molecular weight is 454 g/mol. The molecule has 1 N–H and O–H groups in total. The van der Waals surface area contributed by atoms with Crippen LogP contribution in [-0.2, 0) is 4.79 Å². The molecule has 0 aliphatic carbocycles. The summed E-state index contributed by atoms with van der Waals surface area (Å²) in [5.74, 6) is 0.657. The Morgan fingerprint density at radius 1 is 1.07 bits per heavy atom. The molecular formula is C21H23Cl3N4O. The Bertz CT molecular complexity index is 961. The van der Waals surface area contributed by atoms with Crippen LogP contribution in [0, 0.1) is 0 Å². The molecule has 3 heterocycles. The molecule has 8 heteroatoms. The smallest absolute Gasteiger partial charge is 0.254 e. The molecule has 0 saturated carbocycles. The van der Waals surface area contributed by atoms with Crippen LogP contribution in [0.4, 0.5) is 5.82 Å². The van der Waals surface area contributed by atoms with Crippen LogP contribution in [0.25, 0.3) is 0 Å².